The van der Waals surface area contributed by atoms with E-state index < -0.39 is 5.97 Å². The number of thioether (sulfide) groups is 1. The molecule has 3 heterocycles. The molecule has 3 aromatic heterocycles. The molecule has 0 spiro atoms. The molecule has 0 fully saturated rings. The monoisotopic (exact) mass is 488 g/mol. The number of thiophene rings is 2. The molecule has 1 atom stereocenters. The number of carbonyl (C=O) groups excluding carboxylic acids is 2. The van der Waals surface area contributed by atoms with Crippen molar-refractivity contribution in [3.63, 3.8) is 0 Å². The number of hydrogen-bond acceptors (Lipinski definition) is 8. The molecule has 0 saturated carbocycles. The molecule has 1 unspecified atom stereocenters. The van der Waals surface area contributed by atoms with Gasteiger partial charge in [-0.05, 0) is 42.2 Å². The van der Waals surface area contributed by atoms with Gasteiger partial charge in [0.05, 0.1) is 23.3 Å². The van der Waals surface area contributed by atoms with Crippen LogP contribution in [0.3, 0.4) is 0 Å². The largest absolute Gasteiger partial charge is 0.465 e. The van der Waals surface area contributed by atoms with Gasteiger partial charge in [0, 0.05) is 11.4 Å². The van der Waals surface area contributed by atoms with Crippen molar-refractivity contribution < 1.29 is 14.3 Å². The van der Waals surface area contributed by atoms with E-state index >= 15 is 0 Å². The van der Waals surface area contributed by atoms with Gasteiger partial charge in [-0.3, -0.25) is 9.36 Å². The summed E-state index contributed by atoms with van der Waals surface area (Å²) >= 11 is 4.38. The van der Waals surface area contributed by atoms with Crippen molar-refractivity contribution >= 4 is 51.3 Å². The van der Waals surface area contributed by atoms with Gasteiger partial charge in [-0.15, -0.1) is 39.4 Å². The number of nitrogens with one attached hydrogen (secondary N) is 1. The van der Waals surface area contributed by atoms with E-state index in [1.165, 1.54) is 35.1 Å². The Labute approximate surface area is 198 Å². The molecule has 7 nitrogen and oxygen atoms in total. The van der Waals surface area contributed by atoms with E-state index in [0.717, 1.165) is 35.5 Å². The standard InChI is InChI=1S/C22H24N4O3S3/c1-4-9-26-19(15-6-5-10-30-15)24-25-22(26)31-12-17(27)23-20-18(21(28)29-3)14-8-7-13(2)11-16(14)32-20/h4-6,10,13H,1,7-9,11-12H2,2-3H3,(H,23,27). The van der Waals surface area contributed by atoms with Crippen LogP contribution in [-0.4, -0.2) is 39.5 Å². The number of anilines is 1. The first kappa shape index (κ1) is 22.8. The molecule has 1 N–H and O–H groups in total. The zero-order chi connectivity index (χ0) is 22.7. The van der Waals surface area contributed by atoms with Gasteiger partial charge >= 0.3 is 5.97 Å². The summed E-state index contributed by atoms with van der Waals surface area (Å²) in [6.45, 7) is 6.57. The maximum atomic E-state index is 12.8. The van der Waals surface area contributed by atoms with Gasteiger partial charge < -0.3 is 10.1 Å². The second-order valence-corrected chi connectivity index (χ2v) is 10.6. The molecule has 1 aliphatic carbocycles. The average Bonchev–Trinajstić information content (AvgIpc) is 3.50. The van der Waals surface area contributed by atoms with Gasteiger partial charge in [0.2, 0.25) is 5.91 Å². The molecule has 4 rings (SSSR count). The Morgan fingerprint density at radius 2 is 2.28 bits per heavy atom. The Bertz CT molecular complexity index is 1130. The van der Waals surface area contributed by atoms with Crippen LogP contribution in [0.15, 0.2) is 35.3 Å². The van der Waals surface area contributed by atoms with Crippen LogP contribution in [0.2, 0.25) is 0 Å². The lowest BCUT2D eigenvalue weighted by Crippen LogP contribution is -2.17. The van der Waals surface area contributed by atoms with Gasteiger partial charge in [0.1, 0.15) is 5.00 Å². The van der Waals surface area contributed by atoms with Crippen LogP contribution in [0.25, 0.3) is 10.7 Å². The normalized spacial score (nSPS) is 15.2. The maximum Gasteiger partial charge on any atom is 0.341 e. The summed E-state index contributed by atoms with van der Waals surface area (Å²) in [6.07, 6.45) is 4.57. The quantitative estimate of drug-likeness (QED) is 0.276. The molecular weight excluding hydrogens is 464 g/mol. The van der Waals surface area contributed by atoms with Gasteiger partial charge in [0.25, 0.3) is 0 Å². The van der Waals surface area contributed by atoms with E-state index in [2.05, 4.69) is 29.0 Å². The predicted molar refractivity (Wildman–Crippen MR) is 130 cm³/mol. The average molecular weight is 489 g/mol. The number of ether oxygens (including phenoxy) is 1. The van der Waals surface area contributed by atoms with E-state index in [-0.39, 0.29) is 11.7 Å². The Hall–Kier alpha value is -2.43. The molecule has 32 heavy (non-hydrogen) atoms. The highest BCUT2D eigenvalue weighted by Crippen LogP contribution is 2.40. The van der Waals surface area contributed by atoms with Crippen LogP contribution in [0.5, 0.6) is 0 Å². The van der Waals surface area contributed by atoms with Crippen LogP contribution in [-0.2, 0) is 28.9 Å². The topological polar surface area (TPSA) is 86.1 Å². The molecule has 0 bridgehead atoms. The van der Waals surface area contributed by atoms with Crippen molar-refractivity contribution in [3.05, 3.63) is 46.2 Å². The Morgan fingerprint density at radius 3 is 3.00 bits per heavy atom. The number of esters is 1. The maximum absolute atomic E-state index is 12.8. The molecule has 3 aromatic rings. The zero-order valence-corrected chi connectivity index (χ0v) is 20.4. The number of amides is 1. The minimum atomic E-state index is -0.397. The highest BCUT2D eigenvalue weighted by molar-refractivity contribution is 7.99. The minimum Gasteiger partial charge on any atom is -0.465 e. The lowest BCUT2D eigenvalue weighted by Gasteiger charge is -2.18. The van der Waals surface area contributed by atoms with Crippen LogP contribution < -0.4 is 5.32 Å². The van der Waals surface area contributed by atoms with Gasteiger partial charge in [-0.2, -0.15) is 0 Å². The number of aromatic nitrogens is 3. The molecule has 10 heteroatoms. The third-order valence-corrected chi connectivity index (χ3v) is 8.26. The zero-order valence-electron chi connectivity index (χ0n) is 17.9. The SMILES string of the molecule is C=CCn1c(SCC(=O)Nc2sc3c(c2C(=O)OC)CCC(C)C3)nnc1-c1cccs1. The fourth-order valence-corrected chi connectivity index (χ4v) is 6.61. The van der Waals surface area contributed by atoms with Gasteiger partial charge in [0.15, 0.2) is 11.0 Å². The van der Waals surface area contributed by atoms with Crippen LogP contribution >= 0.6 is 34.4 Å². The first-order valence-corrected chi connectivity index (χ1v) is 12.9. The molecule has 0 aromatic carbocycles. The fraction of sp³-hybridized carbons (Fsp3) is 0.364. The minimum absolute atomic E-state index is 0.152. The van der Waals surface area contributed by atoms with Crippen molar-refractivity contribution in [2.75, 3.05) is 18.2 Å². The number of nitrogens with zero attached hydrogens (tertiary/aromatic N) is 3. The number of methoxy groups -OCH3 is 1. The summed E-state index contributed by atoms with van der Waals surface area (Å²) in [7, 11) is 1.37. The molecular formula is C22H24N4O3S3. The second kappa shape index (κ2) is 10.0. The molecule has 1 amide bonds. The summed E-state index contributed by atoms with van der Waals surface area (Å²) in [6, 6.07) is 3.96. The lowest BCUT2D eigenvalue weighted by atomic mass is 9.88. The highest BCUT2D eigenvalue weighted by Gasteiger charge is 2.29. The van der Waals surface area contributed by atoms with E-state index in [4.69, 9.17) is 4.74 Å². The van der Waals surface area contributed by atoms with Crippen molar-refractivity contribution in [1.82, 2.24) is 14.8 Å². The van der Waals surface area contributed by atoms with Crippen molar-refractivity contribution in [3.8, 4) is 10.7 Å². The Morgan fingerprint density at radius 1 is 1.44 bits per heavy atom. The van der Waals surface area contributed by atoms with Gasteiger partial charge in [-0.25, -0.2) is 4.79 Å². The predicted octanol–water partition coefficient (Wildman–Crippen LogP) is 4.90. The molecule has 0 radical (unpaired) electrons. The van der Waals surface area contributed by atoms with Gasteiger partial charge in [-0.1, -0.05) is 30.8 Å². The first-order chi connectivity index (χ1) is 15.5. The number of hydrogen-bond donors (Lipinski definition) is 1. The van der Waals surface area contributed by atoms with Crippen LogP contribution in [0.4, 0.5) is 5.00 Å². The fourth-order valence-electron chi connectivity index (χ4n) is 3.73. The van der Waals surface area contributed by atoms with Crippen molar-refractivity contribution in [2.45, 2.75) is 37.9 Å². The second-order valence-electron chi connectivity index (χ2n) is 7.57. The van der Waals surface area contributed by atoms with Crippen LogP contribution in [0, 0.1) is 5.92 Å². The van der Waals surface area contributed by atoms with Crippen LogP contribution in [0.1, 0.15) is 34.1 Å². The van der Waals surface area contributed by atoms with E-state index in [1.807, 2.05) is 22.1 Å². The van der Waals surface area contributed by atoms with Crippen molar-refractivity contribution in [2.24, 2.45) is 5.92 Å². The molecule has 0 aliphatic heterocycles. The number of allylic oxidation sites excluding steroid dienone is 1. The van der Waals surface area contributed by atoms with E-state index in [0.29, 0.717) is 28.2 Å². The summed E-state index contributed by atoms with van der Waals surface area (Å²) in [5.41, 5.74) is 1.53. The molecule has 1 aliphatic rings. The molecule has 168 valence electrons. The number of rotatable bonds is 8. The third-order valence-electron chi connectivity index (χ3n) is 5.26. The lowest BCUT2D eigenvalue weighted by molar-refractivity contribution is -0.113. The number of carbonyl (C=O) groups is 2. The summed E-state index contributed by atoms with van der Waals surface area (Å²) in [5, 5.41) is 14.7. The highest BCUT2D eigenvalue weighted by atomic mass is 32.2. The molecule has 0 saturated heterocycles. The van der Waals surface area contributed by atoms with E-state index in [1.54, 1.807) is 17.4 Å². The smallest absolute Gasteiger partial charge is 0.341 e. The first-order valence-electron chi connectivity index (χ1n) is 10.2. The number of fused-ring (bicyclic) bond motifs is 1. The Kier molecular flexibility index (Phi) is 7.12. The Balaban J connectivity index is 1.49. The summed E-state index contributed by atoms with van der Waals surface area (Å²) < 4.78 is 6.95. The summed E-state index contributed by atoms with van der Waals surface area (Å²) in [5.74, 6) is 0.888. The van der Waals surface area contributed by atoms with E-state index in [9.17, 15) is 9.59 Å². The summed E-state index contributed by atoms with van der Waals surface area (Å²) in [4.78, 5) is 27.4. The van der Waals surface area contributed by atoms with Crippen molar-refractivity contribution in [1.29, 1.82) is 0 Å². The third kappa shape index (κ3) is 4.67.